The monoisotopic (exact) mass is 435 g/mol. The van der Waals surface area contributed by atoms with Crippen LogP contribution in [0.25, 0.3) is 11.4 Å². The molecule has 1 N–H and O–H groups in total. The van der Waals surface area contributed by atoms with Crippen LogP contribution in [0.5, 0.6) is 0 Å². The van der Waals surface area contributed by atoms with E-state index >= 15 is 0 Å². The molecule has 4 rings (SSSR count). The van der Waals surface area contributed by atoms with E-state index in [1.807, 2.05) is 13.0 Å². The van der Waals surface area contributed by atoms with Crippen molar-refractivity contribution >= 4 is 29.3 Å². The number of rotatable bonds is 4. The Morgan fingerprint density at radius 3 is 2.81 bits per heavy atom. The van der Waals surface area contributed by atoms with Gasteiger partial charge in [0.1, 0.15) is 5.69 Å². The van der Waals surface area contributed by atoms with Gasteiger partial charge in [-0.25, -0.2) is 4.98 Å². The Bertz CT molecular complexity index is 1240. The summed E-state index contributed by atoms with van der Waals surface area (Å²) in [6.07, 6.45) is 1.73. The molecule has 1 amide bonds. The van der Waals surface area contributed by atoms with E-state index in [2.05, 4.69) is 20.4 Å². The van der Waals surface area contributed by atoms with Gasteiger partial charge >= 0.3 is 18.9 Å². The summed E-state index contributed by atoms with van der Waals surface area (Å²) in [5, 5.41) is 17.5. The van der Waals surface area contributed by atoms with Gasteiger partial charge in [0, 0.05) is 18.2 Å². The van der Waals surface area contributed by atoms with Crippen molar-refractivity contribution in [2.75, 3.05) is 5.32 Å². The van der Waals surface area contributed by atoms with Gasteiger partial charge in [0.15, 0.2) is 5.15 Å². The third kappa shape index (κ3) is 4.02. The number of nitrogens with zero attached hydrogens (tertiary/aromatic N) is 4. The van der Waals surface area contributed by atoms with Crippen LogP contribution >= 0.6 is 11.6 Å². The van der Waals surface area contributed by atoms with E-state index in [1.54, 1.807) is 19.2 Å². The summed E-state index contributed by atoms with van der Waals surface area (Å²) < 4.78 is 6.08. The predicted octanol–water partition coefficient (Wildman–Crippen LogP) is -1.69. The van der Waals surface area contributed by atoms with E-state index in [-0.39, 0.29) is 42.1 Å². The molecule has 3 aromatic heterocycles. The number of aryl methyl sites for hydroxylation is 1. The van der Waals surface area contributed by atoms with Crippen molar-refractivity contribution in [1.82, 2.24) is 19.7 Å². The number of pyridine rings is 1. The molecule has 12 heteroatoms. The Balaban J connectivity index is 0.00000272. The summed E-state index contributed by atoms with van der Waals surface area (Å²) in [5.41, 5.74) is 1.24. The van der Waals surface area contributed by atoms with Crippen LogP contribution in [-0.4, -0.2) is 31.6 Å². The maximum atomic E-state index is 12.8. The number of carbonyl (C=O) groups excluding carboxylic acids is 2. The summed E-state index contributed by atoms with van der Waals surface area (Å²) in [6.45, 7) is 3.57. The zero-order valence-corrected chi connectivity index (χ0v) is 17.6. The molecule has 31 heavy (non-hydrogen) atoms. The number of carbonyl (C=O) groups is 2. The molecule has 0 saturated carbocycles. The van der Waals surface area contributed by atoms with Crippen molar-refractivity contribution in [3.05, 3.63) is 56.9 Å². The number of nitrogens with one attached hydrogen (secondary N) is 1. The first-order chi connectivity index (χ1) is 14.3. The third-order valence-corrected chi connectivity index (χ3v) is 5.23. The largest absolute Gasteiger partial charge is 1.00 e. The minimum absolute atomic E-state index is 0. The Kier molecular flexibility index (Phi) is 6.36. The molecular formula is C19H15ClLiN5O5. The van der Waals surface area contributed by atoms with Crippen LogP contribution in [0.1, 0.15) is 47.1 Å². The number of aliphatic carboxylic acids is 1. The normalized spacial score (nSPS) is 17.0. The number of amides is 1. The van der Waals surface area contributed by atoms with Crippen LogP contribution in [0.4, 0.5) is 5.82 Å². The molecule has 1 aliphatic heterocycles. The van der Waals surface area contributed by atoms with Crippen molar-refractivity contribution in [2.45, 2.75) is 32.2 Å². The molecule has 0 fully saturated rings. The Morgan fingerprint density at radius 1 is 1.39 bits per heavy atom. The van der Waals surface area contributed by atoms with Gasteiger partial charge in [-0.15, -0.1) is 0 Å². The van der Waals surface area contributed by atoms with Crippen LogP contribution in [0.3, 0.4) is 0 Å². The van der Waals surface area contributed by atoms with Crippen molar-refractivity contribution in [3.8, 4) is 11.4 Å². The second kappa shape index (κ2) is 8.67. The molecular weight excluding hydrogens is 421 g/mol. The molecule has 2 atom stereocenters. The van der Waals surface area contributed by atoms with Crippen LogP contribution in [0.2, 0.25) is 5.15 Å². The van der Waals surface area contributed by atoms with Crippen LogP contribution in [0.15, 0.2) is 33.7 Å². The maximum absolute atomic E-state index is 12.8. The fourth-order valence-corrected chi connectivity index (χ4v) is 3.89. The Hall–Kier alpha value is -2.93. The van der Waals surface area contributed by atoms with Gasteiger partial charge in [0.2, 0.25) is 11.6 Å². The number of fused-ring (bicyclic) bond motifs is 1. The minimum Gasteiger partial charge on any atom is -0.548 e. The molecule has 0 aliphatic carbocycles. The molecule has 4 heterocycles. The number of hydrogen-bond acceptors (Lipinski definition) is 8. The smallest absolute Gasteiger partial charge is 0.548 e. The number of aromatic nitrogens is 4. The molecule has 0 radical (unpaired) electrons. The molecule has 3 aromatic rings. The topological polar surface area (TPSA) is 143 Å². The molecule has 1 aliphatic rings. The maximum Gasteiger partial charge on any atom is 1.00 e. The third-order valence-electron chi connectivity index (χ3n) is 4.95. The number of hydrogen-bond donors (Lipinski definition) is 1. The van der Waals surface area contributed by atoms with Gasteiger partial charge in [0.05, 0.1) is 23.4 Å². The second-order valence-corrected chi connectivity index (χ2v) is 7.34. The fraction of sp³-hybridized carbons (Fsp3) is 0.263. The Labute approximate surface area is 192 Å². The summed E-state index contributed by atoms with van der Waals surface area (Å²) in [6, 6.07) is 3.79. The van der Waals surface area contributed by atoms with Gasteiger partial charge in [0.25, 0.3) is 11.5 Å². The van der Waals surface area contributed by atoms with Crippen molar-refractivity contribution in [2.24, 2.45) is 0 Å². The first-order valence-corrected chi connectivity index (χ1v) is 9.38. The number of carboxylic acid groups (broad SMARTS) is 1. The van der Waals surface area contributed by atoms with Gasteiger partial charge in [-0.05, 0) is 25.0 Å². The quantitative estimate of drug-likeness (QED) is 0.478. The van der Waals surface area contributed by atoms with Crippen LogP contribution in [-0.2, 0) is 4.79 Å². The molecule has 0 unspecified atom stereocenters. The molecule has 0 bridgehead atoms. The van der Waals surface area contributed by atoms with E-state index in [0.29, 0.717) is 17.1 Å². The van der Waals surface area contributed by atoms with E-state index in [9.17, 15) is 19.5 Å². The molecule has 0 saturated heterocycles. The number of carboxylic acids is 1. The first-order valence-electron chi connectivity index (χ1n) is 9.00. The number of anilines is 1. The van der Waals surface area contributed by atoms with Gasteiger partial charge in [-0.2, -0.15) is 0 Å². The SMILES string of the molecule is Cc1cccnc1-c1cc(C(=O)Nc2nc(Cl)c3n(c2=O)[C@H](C(=O)[O-])C[C@H]3C)on1.[Li+]. The summed E-state index contributed by atoms with van der Waals surface area (Å²) in [4.78, 5) is 44.9. The zero-order valence-electron chi connectivity index (χ0n) is 16.9. The van der Waals surface area contributed by atoms with Crippen LogP contribution < -0.4 is 34.8 Å². The minimum atomic E-state index is -1.41. The number of halogens is 1. The van der Waals surface area contributed by atoms with Gasteiger partial charge < -0.3 is 14.4 Å². The van der Waals surface area contributed by atoms with Crippen molar-refractivity contribution in [3.63, 3.8) is 0 Å². The van der Waals surface area contributed by atoms with Crippen LogP contribution in [0, 0.1) is 6.92 Å². The van der Waals surface area contributed by atoms with E-state index in [0.717, 1.165) is 10.1 Å². The summed E-state index contributed by atoms with van der Waals surface area (Å²) in [7, 11) is 0. The zero-order chi connectivity index (χ0) is 21.6. The molecule has 154 valence electrons. The summed E-state index contributed by atoms with van der Waals surface area (Å²) >= 11 is 6.16. The van der Waals surface area contributed by atoms with Crippen molar-refractivity contribution in [1.29, 1.82) is 0 Å². The Morgan fingerprint density at radius 2 is 2.13 bits per heavy atom. The predicted molar refractivity (Wildman–Crippen MR) is 103 cm³/mol. The average molecular weight is 436 g/mol. The van der Waals surface area contributed by atoms with Crippen molar-refractivity contribution < 1.29 is 38.1 Å². The second-order valence-electron chi connectivity index (χ2n) is 6.98. The molecule has 0 aromatic carbocycles. The molecule has 0 spiro atoms. The first kappa shape index (κ1) is 22.7. The summed E-state index contributed by atoms with van der Waals surface area (Å²) in [5.74, 6) is -3.10. The molecule has 10 nitrogen and oxygen atoms in total. The average Bonchev–Trinajstić information content (AvgIpc) is 3.31. The van der Waals surface area contributed by atoms with Gasteiger partial charge in [-0.3, -0.25) is 24.5 Å². The fourth-order valence-electron chi connectivity index (χ4n) is 3.53. The van der Waals surface area contributed by atoms with Gasteiger partial charge in [-0.1, -0.05) is 29.7 Å². The van der Waals surface area contributed by atoms with E-state index in [4.69, 9.17) is 16.1 Å². The van der Waals surface area contributed by atoms with E-state index in [1.165, 1.54) is 6.07 Å². The van der Waals surface area contributed by atoms with E-state index < -0.39 is 29.3 Å². The standard InChI is InChI=1S/C19H16ClN5O5.Li/c1-8-4-3-5-21-13(8)10-7-12(30-24-10)17(26)23-16-18(27)25-11(19(28)29)6-9(2)14(25)15(20)22-16;/h3-5,7,9,11H,6H2,1-2H3,(H,28,29)(H,22,23,26);/q;+1/p-1/t9-,11+;/m1./s1.